The van der Waals surface area contributed by atoms with Gasteiger partial charge in [-0.05, 0) is 85.8 Å². The van der Waals surface area contributed by atoms with Gasteiger partial charge in [-0.2, -0.15) is 0 Å². The van der Waals surface area contributed by atoms with Gasteiger partial charge in [0.25, 0.3) is 17.5 Å². The van der Waals surface area contributed by atoms with E-state index in [0.29, 0.717) is 30.8 Å². The van der Waals surface area contributed by atoms with Crippen molar-refractivity contribution in [2.24, 2.45) is 0 Å². The summed E-state index contributed by atoms with van der Waals surface area (Å²) in [4.78, 5) is 49.5. The van der Waals surface area contributed by atoms with Gasteiger partial charge in [-0.15, -0.1) is 0 Å². The number of carbonyl (C=O) groups is 3. The average molecular weight is 650 g/mol. The monoisotopic (exact) mass is 647 g/mol. The van der Waals surface area contributed by atoms with Crippen LogP contribution in [0.5, 0.6) is 5.75 Å². The summed E-state index contributed by atoms with van der Waals surface area (Å²) in [5.74, 6) is -1.21. The van der Waals surface area contributed by atoms with Crippen molar-refractivity contribution in [2.75, 3.05) is 4.90 Å². The molecule has 0 bridgehead atoms. The molecule has 12 heteroatoms. The third-order valence-electron chi connectivity index (χ3n) is 5.35. The Morgan fingerprint density at radius 3 is 2.43 bits per heavy atom. The molecule has 0 radical (unpaired) electrons. The van der Waals surface area contributed by atoms with E-state index in [2.05, 4.69) is 37.2 Å². The van der Waals surface area contributed by atoms with Gasteiger partial charge in [0.1, 0.15) is 17.9 Å². The molecule has 0 spiro atoms. The highest BCUT2D eigenvalue weighted by Gasteiger charge is 2.37. The second-order valence-corrected chi connectivity index (χ2v) is 10.0. The van der Waals surface area contributed by atoms with Crippen LogP contribution in [-0.2, 0) is 16.2 Å². The first-order chi connectivity index (χ1) is 17.5. The van der Waals surface area contributed by atoms with Gasteiger partial charge in [0.05, 0.1) is 19.6 Å². The number of nitro groups is 1. The van der Waals surface area contributed by atoms with Crippen LogP contribution in [0.3, 0.4) is 0 Å². The second kappa shape index (κ2) is 10.8. The minimum Gasteiger partial charge on any atom is -0.487 e. The van der Waals surface area contributed by atoms with Crippen LogP contribution in [-0.4, -0.2) is 22.8 Å². The Hall–Kier alpha value is -3.54. The van der Waals surface area contributed by atoms with Crippen molar-refractivity contribution < 1.29 is 24.0 Å². The maximum Gasteiger partial charge on any atom is 0.335 e. The number of amides is 4. The van der Waals surface area contributed by atoms with Crippen molar-refractivity contribution in [1.29, 1.82) is 0 Å². The highest BCUT2D eigenvalue weighted by Crippen LogP contribution is 2.36. The van der Waals surface area contributed by atoms with Gasteiger partial charge in [-0.25, -0.2) is 9.69 Å². The molecule has 37 heavy (non-hydrogen) atoms. The molecule has 1 fully saturated rings. The molecule has 3 aromatic rings. The van der Waals surface area contributed by atoms with Gasteiger partial charge in [-0.1, -0.05) is 29.8 Å². The molecule has 4 rings (SSSR count). The van der Waals surface area contributed by atoms with Gasteiger partial charge in [-0.3, -0.25) is 25.0 Å². The van der Waals surface area contributed by atoms with Crippen LogP contribution < -0.4 is 15.0 Å². The van der Waals surface area contributed by atoms with Crippen LogP contribution in [0.15, 0.2) is 69.1 Å². The average Bonchev–Trinajstić information content (AvgIpc) is 2.83. The number of aryl methyl sites for hydroxylation is 1. The molecule has 0 aromatic heterocycles. The van der Waals surface area contributed by atoms with Crippen LogP contribution in [0, 0.1) is 17.0 Å². The fraction of sp³-hybridized carbons (Fsp3) is 0.0800. The molecular formula is C25H16Br2ClN3O6. The number of non-ortho nitro benzene ring substituents is 1. The molecule has 1 saturated heterocycles. The number of benzene rings is 3. The third kappa shape index (κ3) is 5.74. The number of imide groups is 2. The molecule has 3 aromatic carbocycles. The predicted molar refractivity (Wildman–Crippen MR) is 144 cm³/mol. The third-order valence-corrected chi connectivity index (χ3v) is 6.94. The number of anilines is 1. The Morgan fingerprint density at radius 2 is 1.78 bits per heavy atom. The van der Waals surface area contributed by atoms with E-state index in [1.807, 2.05) is 0 Å². The van der Waals surface area contributed by atoms with E-state index >= 15 is 0 Å². The standard InChI is InChI=1S/C25H16Br2ClN3O6/c1-13-5-6-16(11-21(13)28)30-24(33)18(23(32)29-25(30)34)8-15-9-19(26)22(20(27)10-15)37-12-14-3-2-4-17(7-14)31(35)36/h2-11H,12H2,1H3,(H,29,32,34)/b18-8-. The summed E-state index contributed by atoms with van der Waals surface area (Å²) >= 11 is 13.0. The molecule has 9 nitrogen and oxygen atoms in total. The van der Waals surface area contributed by atoms with Gasteiger partial charge in [0.15, 0.2) is 0 Å². The number of nitrogens with one attached hydrogen (secondary N) is 1. The number of nitrogens with zero attached hydrogens (tertiary/aromatic N) is 2. The summed E-state index contributed by atoms with van der Waals surface area (Å²) < 4.78 is 6.84. The number of hydrogen-bond donors (Lipinski definition) is 1. The zero-order valence-corrected chi connectivity index (χ0v) is 22.9. The van der Waals surface area contributed by atoms with Crippen molar-refractivity contribution in [3.63, 3.8) is 0 Å². The first-order valence-electron chi connectivity index (χ1n) is 10.6. The summed E-state index contributed by atoms with van der Waals surface area (Å²) in [6, 6.07) is 13.2. The Morgan fingerprint density at radius 1 is 1.08 bits per heavy atom. The lowest BCUT2D eigenvalue weighted by Gasteiger charge is -2.26. The summed E-state index contributed by atoms with van der Waals surface area (Å²) in [7, 11) is 0. The number of rotatable bonds is 6. The first kappa shape index (κ1) is 26.5. The van der Waals surface area contributed by atoms with Crippen LogP contribution >= 0.6 is 43.5 Å². The van der Waals surface area contributed by atoms with E-state index in [9.17, 15) is 24.5 Å². The van der Waals surface area contributed by atoms with Crippen molar-refractivity contribution in [3.05, 3.63) is 101 Å². The molecule has 0 aliphatic carbocycles. The van der Waals surface area contributed by atoms with E-state index in [1.54, 1.807) is 43.3 Å². The van der Waals surface area contributed by atoms with Gasteiger partial charge < -0.3 is 4.74 Å². The summed E-state index contributed by atoms with van der Waals surface area (Å²) in [5.41, 5.74) is 1.77. The fourth-order valence-electron chi connectivity index (χ4n) is 3.50. The SMILES string of the molecule is Cc1ccc(N2C(=O)NC(=O)/C(=C/c3cc(Br)c(OCc4cccc([N+](=O)[O-])c4)c(Br)c3)C2=O)cc1Cl. The molecule has 1 heterocycles. The molecule has 4 amide bonds. The highest BCUT2D eigenvalue weighted by molar-refractivity contribution is 9.11. The van der Waals surface area contributed by atoms with Crippen LogP contribution in [0.1, 0.15) is 16.7 Å². The van der Waals surface area contributed by atoms with Gasteiger partial charge in [0, 0.05) is 17.2 Å². The number of urea groups is 1. The summed E-state index contributed by atoms with van der Waals surface area (Å²) in [5, 5.41) is 13.5. The second-order valence-electron chi connectivity index (χ2n) is 7.92. The molecule has 0 unspecified atom stereocenters. The smallest absolute Gasteiger partial charge is 0.335 e. The van der Waals surface area contributed by atoms with Crippen LogP contribution in [0.2, 0.25) is 5.02 Å². The lowest BCUT2D eigenvalue weighted by molar-refractivity contribution is -0.384. The normalized spacial score (nSPS) is 14.6. The highest BCUT2D eigenvalue weighted by atomic mass is 79.9. The summed E-state index contributed by atoms with van der Waals surface area (Å²) in [6.07, 6.45) is 1.35. The van der Waals surface area contributed by atoms with Gasteiger partial charge >= 0.3 is 6.03 Å². The zero-order chi connectivity index (χ0) is 26.9. The topological polar surface area (TPSA) is 119 Å². The first-order valence-corrected chi connectivity index (χ1v) is 12.5. The minimum atomic E-state index is -0.876. The zero-order valence-electron chi connectivity index (χ0n) is 19.0. The molecule has 0 saturated carbocycles. The fourth-order valence-corrected chi connectivity index (χ4v) is 5.12. The largest absolute Gasteiger partial charge is 0.487 e. The minimum absolute atomic E-state index is 0.0444. The number of ether oxygens (including phenoxy) is 1. The Balaban J connectivity index is 1.60. The predicted octanol–water partition coefficient (Wildman–Crippen LogP) is 6.33. The van der Waals surface area contributed by atoms with Crippen LogP contribution in [0.4, 0.5) is 16.2 Å². The molecule has 1 N–H and O–H groups in total. The van der Waals surface area contributed by atoms with E-state index in [1.165, 1.54) is 24.3 Å². The Kier molecular flexibility index (Phi) is 7.76. The number of carbonyl (C=O) groups excluding carboxylic acids is 3. The van der Waals surface area contributed by atoms with E-state index in [0.717, 1.165) is 10.5 Å². The van der Waals surface area contributed by atoms with Crippen molar-refractivity contribution in [1.82, 2.24) is 5.32 Å². The molecule has 1 aliphatic heterocycles. The van der Waals surface area contributed by atoms with E-state index < -0.39 is 22.8 Å². The number of barbiturate groups is 1. The van der Waals surface area contributed by atoms with E-state index in [-0.39, 0.29) is 23.6 Å². The number of nitro benzene ring substituents is 1. The lowest BCUT2D eigenvalue weighted by atomic mass is 10.1. The number of halogens is 3. The maximum atomic E-state index is 13.2. The molecular weight excluding hydrogens is 634 g/mol. The molecule has 0 atom stereocenters. The molecule has 188 valence electrons. The Bertz CT molecular complexity index is 1480. The lowest BCUT2D eigenvalue weighted by Crippen LogP contribution is -2.54. The van der Waals surface area contributed by atoms with E-state index in [4.69, 9.17) is 16.3 Å². The van der Waals surface area contributed by atoms with Crippen molar-refractivity contribution >= 4 is 78.8 Å². The maximum absolute atomic E-state index is 13.2. The number of hydrogen-bond acceptors (Lipinski definition) is 6. The van der Waals surface area contributed by atoms with Crippen molar-refractivity contribution in [3.8, 4) is 5.75 Å². The molecule has 1 aliphatic rings. The Labute approximate surface area is 232 Å². The quantitative estimate of drug-likeness (QED) is 0.144. The van der Waals surface area contributed by atoms with Crippen molar-refractivity contribution in [2.45, 2.75) is 13.5 Å². The van der Waals surface area contributed by atoms with Gasteiger partial charge in [0.2, 0.25) is 0 Å². The summed E-state index contributed by atoms with van der Waals surface area (Å²) in [6.45, 7) is 1.85. The van der Waals surface area contributed by atoms with Crippen LogP contribution in [0.25, 0.3) is 6.08 Å².